The first-order valence-electron chi connectivity index (χ1n) is 37.6. The molecular weight excluding hydrogens is 1470 g/mol. The molecule has 0 atom stereocenters. The zero-order chi connectivity index (χ0) is 83.2. The number of nitrogens with zero attached hydrogens (tertiary/aromatic N) is 12. The number of nitrogen functional groups attached to an aromatic ring is 1. The molecule has 8 heterocycles. The maximum atomic E-state index is 12.7. The number of carbonyl (C=O) groups excluding carboxylic acids is 7. The Morgan fingerprint density at radius 2 is 0.852 bits per heavy atom. The Morgan fingerprint density at radius 3 is 1.34 bits per heavy atom. The van der Waals surface area contributed by atoms with Crippen molar-refractivity contribution >= 4 is 93.1 Å². The number of anilines is 9. The normalized spacial score (nSPS) is 12.5. The van der Waals surface area contributed by atoms with Gasteiger partial charge in [0.2, 0.25) is 53.2 Å². The molecule has 600 valence electrons. The lowest BCUT2D eigenvalue weighted by Gasteiger charge is -2.34. The van der Waals surface area contributed by atoms with E-state index in [1.807, 2.05) is 122 Å². The van der Waals surface area contributed by atoms with E-state index in [1.54, 1.807) is 114 Å². The smallest absolute Gasteiger partial charge is 0.255 e. The highest BCUT2D eigenvalue weighted by molar-refractivity contribution is 6.11. The molecule has 5 aromatic heterocycles. The summed E-state index contributed by atoms with van der Waals surface area (Å²) in [7, 11) is 6.92. The molecule has 31 nitrogen and oxygen atoms in total. The standard InChI is InChI=1S/C19H22N4O3.C19H24N4O2.C16H16N4O3.C15H18N4O2.C15H17N3O2/c1-12-14(19(26)21-13(2)20-12)7-6-10-17(24)23-11-18(25)22(3)15-8-4-5-9-16(15)23;1-14-16(18(25)21-19(20-14)23-12-6-7-13-23)10-11-17(24)22(2)15-8-4-3-5-9-15;1-9-11(16(23)18-10(2)17-9)7-15(22)20-8-14(21)19-12-5-3-4-6-13(12)20;1-10-12(14(21)18-15(16)17-10)8-9-13(20)19(2)11-6-4-3-5-7-11;1-11-13(15(20)17-10-16-11)8-9-14(19)18(2)12-6-4-3-5-7-12/h4-5,8-9H,6-7,10-11H2,1-3H3,(H,20,21,26);3-5,8-9H,6-7,10-13H2,1-2H3,(H,20,21,25);3-6H,7-8H2,1-2H3,(H,19,21)(H,17,18,23);3-7H,8-9H2,1-2H3,(H3,16,17,18,21);3-7,10H,8-9H2,1-2H3,(H,16,17,20). The molecule has 0 saturated carbocycles. The number of aromatic nitrogens is 10. The maximum Gasteiger partial charge on any atom is 0.255 e. The molecule has 10 aromatic rings. The Morgan fingerprint density at radius 1 is 0.435 bits per heavy atom. The Labute approximate surface area is 664 Å². The van der Waals surface area contributed by atoms with Crippen LogP contribution in [0.3, 0.4) is 0 Å². The number of aromatic amines is 5. The Hall–Kier alpha value is -13.6. The van der Waals surface area contributed by atoms with Crippen LogP contribution in [0.25, 0.3) is 0 Å². The van der Waals surface area contributed by atoms with Gasteiger partial charge in [0, 0.05) is 140 Å². The first kappa shape index (κ1) is 85.4. The highest BCUT2D eigenvalue weighted by atomic mass is 16.2. The number of para-hydroxylation sites is 7. The van der Waals surface area contributed by atoms with E-state index in [0.29, 0.717) is 117 Å². The van der Waals surface area contributed by atoms with Crippen molar-refractivity contribution in [3.8, 4) is 0 Å². The zero-order valence-electron chi connectivity index (χ0n) is 66.5. The summed E-state index contributed by atoms with van der Waals surface area (Å²) < 4.78 is 0. The molecule has 1 saturated heterocycles. The topological polar surface area (TPSA) is 409 Å². The average molecular weight is 1560 g/mol. The molecule has 0 aliphatic carbocycles. The number of aryl methyl sites for hydroxylation is 7. The second-order valence-corrected chi connectivity index (χ2v) is 27.8. The van der Waals surface area contributed by atoms with E-state index in [9.17, 15) is 57.5 Å². The fourth-order valence-corrected chi connectivity index (χ4v) is 13.2. The number of nitrogens with one attached hydrogen (secondary N) is 6. The van der Waals surface area contributed by atoms with Gasteiger partial charge in [-0.3, -0.25) is 67.5 Å². The van der Waals surface area contributed by atoms with Gasteiger partial charge in [-0.05, 0) is 154 Å². The Kier molecular flexibility index (Phi) is 29.7. The molecule has 1 fully saturated rings. The average Bonchev–Trinajstić information content (AvgIpc) is 0.968. The number of benzene rings is 5. The molecule has 13 rings (SSSR count). The van der Waals surface area contributed by atoms with Crippen LogP contribution in [0.1, 0.15) is 113 Å². The lowest BCUT2D eigenvalue weighted by Crippen LogP contribution is -2.46. The lowest BCUT2D eigenvalue weighted by atomic mass is 10.1. The van der Waals surface area contributed by atoms with Crippen molar-refractivity contribution in [3.63, 3.8) is 0 Å². The minimum atomic E-state index is -0.321. The second kappa shape index (κ2) is 40.0. The Balaban J connectivity index is 0.000000165. The van der Waals surface area contributed by atoms with E-state index in [2.05, 4.69) is 60.1 Å². The van der Waals surface area contributed by atoms with E-state index >= 15 is 0 Å². The number of nitrogens with two attached hydrogens (primary N) is 1. The van der Waals surface area contributed by atoms with Crippen molar-refractivity contribution in [3.05, 3.63) is 266 Å². The van der Waals surface area contributed by atoms with Crippen LogP contribution in [0.15, 0.2) is 170 Å². The predicted molar refractivity (Wildman–Crippen MR) is 444 cm³/mol. The Bertz CT molecular complexity index is 5470. The highest BCUT2D eigenvalue weighted by Crippen LogP contribution is 2.34. The molecule has 8 N–H and O–H groups in total. The molecule has 31 heteroatoms. The van der Waals surface area contributed by atoms with Crippen LogP contribution < -0.4 is 73.1 Å². The number of hydrogen-bond donors (Lipinski definition) is 7. The van der Waals surface area contributed by atoms with Crippen LogP contribution in [0.4, 0.5) is 51.7 Å². The monoisotopic (exact) mass is 1560 g/mol. The van der Waals surface area contributed by atoms with E-state index < -0.39 is 0 Å². The zero-order valence-corrected chi connectivity index (χ0v) is 66.5. The molecule has 3 aliphatic rings. The minimum Gasteiger partial charge on any atom is -0.369 e. The first-order chi connectivity index (χ1) is 55.0. The van der Waals surface area contributed by atoms with Gasteiger partial charge in [-0.25, -0.2) is 24.9 Å². The van der Waals surface area contributed by atoms with E-state index in [1.165, 1.54) is 16.1 Å². The van der Waals surface area contributed by atoms with Crippen LogP contribution in [-0.2, 0) is 65.7 Å². The van der Waals surface area contributed by atoms with Crippen molar-refractivity contribution in [2.75, 3.05) is 99.7 Å². The fraction of sp³-hybridized carbons (Fsp3) is 0.321. The van der Waals surface area contributed by atoms with Crippen LogP contribution in [0.2, 0.25) is 0 Å². The lowest BCUT2D eigenvalue weighted by molar-refractivity contribution is -0.122. The summed E-state index contributed by atoms with van der Waals surface area (Å²) in [6, 6.07) is 42.7. The van der Waals surface area contributed by atoms with Gasteiger partial charge in [-0.15, -0.1) is 0 Å². The van der Waals surface area contributed by atoms with Gasteiger partial charge in [0.15, 0.2) is 0 Å². The molecular formula is C84H97N19O12. The van der Waals surface area contributed by atoms with Crippen molar-refractivity contribution in [2.45, 2.75) is 126 Å². The van der Waals surface area contributed by atoms with Crippen molar-refractivity contribution in [1.82, 2.24) is 49.8 Å². The number of hydrogen-bond acceptors (Lipinski definition) is 19. The summed E-state index contributed by atoms with van der Waals surface area (Å²) in [5, 5.41) is 2.73. The van der Waals surface area contributed by atoms with Gasteiger partial charge in [-0.2, -0.15) is 0 Å². The fourth-order valence-electron chi connectivity index (χ4n) is 13.2. The van der Waals surface area contributed by atoms with Gasteiger partial charge in [-0.1, -0.05) is 78.9 Å². The molecule has 0 spiro atoms. The van der Waals surface area contributed by atoms with Gasteiger partial charge in [0.05, 0.1) is 35.5 Å². The summed E-state index contributed by atoms with van der Waals surface area (Å²) in [6.45, 7) is 14.1. The van der Waals surface area contributed by atoms with Gasteiger partial charge < -0.3 is 60.3 Å². The summed E-state index contributed by atoms with van der Waals surface area (Å²) in [5.74, 6) is 0.914. The quantitative estimate of drug-likeness (QED) is 0.0405. The summed E-state index contributed by atoms with van der Waals surface area (Å²) in [4.78, 5) is 192. The third-order valence-electron chi connectivity index (χ3n) is 19.7. The number of fused-ring (bicyclic) bond motifs is 2. The molecule has 0 unspecified atom stereocenters. The van der Waals surface area contributed by atoms with Crippen LogP contribution in [0, 0.1) is 48.5 Å². The molecule has 7 amide bonds. The number of rotatable bonds is 19. The second-order valence-electron chi connectivity index (χ2n) is 27.8. The molecule has 5 aromatic carbocycles. The third-order valence-corrected chi connectivity index (χ3v) is 19.7. The molecule has 115 heavy (non-hydrogen) atoms. The van der Waals surface area contributed by atoms with E-state index in [0.717, 1.165) is 54.4 Å². The molecule has 3 aliphatic heterocycles. The number of amides is 7. The van der Waals surface area contributed by atoms with Crippen molar-refractivity contribution in [1.29, 1.82) is 0 Å². The SMILES string of the molecule is Cc1nc(C)c(CC(=O)N2CC(=O)Nc3ccccc32)c(=O)[nH]1.Cc1nc(C)c(CCCC(=O)N2CC(=O)N(C)c3ccccc32)c(=O)[nH]1.Cc1nc(N)[nH]c(=O)c1CCC(=O)N(C)c1ccccc1.Cc1nc(N2CCCC2)[nH]c(=O)c1CCC(=O)N(C)c1ccccc1.Cc1nc[nH]c(=O)c1CCC(=O)N(C)c1ccccc1. The molecule has 0 bridgehead atoms. The first-order valence-corrected chi connectivity index (χ1v) is 37.6. The van der Waals surface area contributed by atoms with E-state index in [-0.39, 0.29) is 120 Å². The van der Waals surface area contributed by atoms with E-state index in [4.69, 9.17) is 5.73 Å². The minimum absolute atomic E-state index is 0.0198. The summed E-state index contributed by atoms with van der Waals surface area (Å²) in [6.07, 6.45) is 6.71. The highest BCUT2D eigenvalue weighted by Gasteiger charge is 2.31. The van der Waals surface area contributed by atoms with Gasteiger partial charge >= 0.3 is 0 Å². The predicted octanol–water partition coefficient (Wildman–Crippen LogP) is 7.84. The van der Waals surface area contributed by atoms with Gasteiger partial charge in [0.1, 0.15) is 24.7 Å². The number of carbonyl (C=O) groups is 7. The third kappa shape index (κ3) is 22.8. The van der Waals surface area contributed by atoms with Crippen LogP contribution >= 0.6 is 0 Å². The van der Waals surface area contributed by atoms with Crippen molar-refractivity contribution < 1.29 is 33.6 Å². The van der Waals surface area contributed by atoms with Crippen molar-refractivity contribution in [2.24, 2.45) is 0 Å². The van der Waals surface area contributed by atoms with Crippen LogP contribution in [0.5, 0.6) is 0 Å². The number of H-pyrrole nitrogens is 5. The number of likely N-dealkylation sites (N-methyl/N-ethyl adjacent to an activating group) is 1. The largest absolute Gasteiger partial charge is 0.369 e. The summed E-state index contributed by atoms with van der Waals surface area (Å²) in [5.41, 5.74) is 15.4. The van der Waals surface area contributed by atoms with Crippen LogP contribution in [-0.4, -0.2) is 146 Å². The van der Waals surface area contributed by atoms with Gasteiger partial charge in [0.25, 0.3) is 27.8 Å². The molecule has 0 radical (unpaired) electrons. The maximum absolute atomic E-state index is 12.7. The summed E-state index contributed by atoms with van der Waals surface area (Å²) >= 11 is 0.